The topological polar surface area (TPSA) is 47.4 Å². The van der Waals surface area contributed by atoms with Gasteiger partial charge in [0.25, 0.3) is 5.91 Å². The van der Waals surface area contributed by atoms with E-state index in [1.807, 2.05) is 50.0 Å². The van der Waals surface area contributed by atoms with Crippen LogP contribution in [0.5, 0.6) is 0 Å². The van der Waals surface area contributed by atoms with E-state index in [1.54, 1.807) is 12.0 Å². The van der Waals surface area contributed by atoms with Gasteiger partial charge in [-0.25, -0.2) is 9.47 Å². The minimum absolute atomic E-state index is 0.0305. The van der Waals surface area contributed by atoms with E-state index in [1.165, 1.54) is 5.56 Å². The third-order valence-electron chi connectivity index (χ3n) is 6.82. The molecule has 1 aliphatic heterocycles. The van der Waals surface area contributed by atoms with Crippen LogP contribution in [0, 0.1) is 0 Å². The molecule has 188 valence electrons. The van der Waals surface area contributed by atoms with Crippen LogP contribution in [-0.2, 0) is 16.1 Å². The summed E-state index contributed by atoms with van der Waals surface area (Å²) >= 11 is 3.51. The van der Waals surface area contributed by atoms with Crippen LogP contribution in [0.25, 0.3) is 16.3 Å². The molecule has 0 saturated heterocycles. The van der Waals surface area contributed by atoms with Crippen LogP contribution in [0.1, 0.15) is 11.1 Å². The number of halogens is 1. The Balaban J connectivity index is 1.61. The Morgan fingerprint density at radius 2 is 1.81 bits per heavy atom. The van der Waals surface area contributed by atoms with Crippen LogP contribution < -0.4 is 4.48 Å². The van der Waals surface area contributed by atoms with Gasteiger partial charge in [0.15, 0.2) is 0 Å². The predicted molar refractivity (Wildman–Crippen MR) is 153 cm³/mol. The van der Waals surface area contributed by atoms with Gasteiger partial charge >= 0.3 is 0 Å². The van der Waals surface area contributed by atoms with Gasteiger partial charge in [-0.2, -0.15) is 0 Å². The number of fused-ring (bicyclic) bond motifs is 1. The van der Waals surface area contributed by atoms with Crippen molar-refractivity contribution < 1.29 is 9.53 Å². The first kappa shape index (κ1) is 25.1. The van der Waals surface area contributed by atoms with Crippen molar-refractivity contribution in [1.82, 2.24) is 18.9 Å². The molecule has 0 N–H and O–H groups in total. The molecule has 5 rings (SSSR count). The summed E-state index contributed by atoms with van der Waals surface area (Å²) in [5.41, 5.74) is 3.81. The fourth-order valence-electron chi connectivity index (χ4n) is 4.85. The number of likely N-dealkylation sites (N-methyl/N-ethyl adjacent to an activating group) is 1. The van der Waals surface area contributed by atoms with Crippen molar-refractivity contribution in [3.05, 3.63) is 113 Å². The van der Waals surface area contributed by atoms with Crippen LogP contribution in [0.15, 0.2) is 102 Å². The van der Waals surface area contributed by atoms with Crippen molar-refractivity contribution in [2.45, 2.75) is 6.54 Å². The molecule has 6 nitrogen and oxygen atoms in total. The lowest BCUT2D eigenvalue weighted by atomic mass is 9.94. The smallest absolute Gasteiger partial charge is 0.259 e. The van der Waals surface area contributed by atoms with E-state index in [2.05, 4.69) is 81.2 Å². The number of amides is 1. The Kier molecular flexibility index (Phi) is 7.11. The lowest BCUT2D eigenvalue weighted by molar-refractivity contribution is -0.126. The summed E-state index contributed by atoms with van der Waals surface area (Å²) in [5.74, 6) is 0.944. The third kappa shape index (κ3) is 5.03. The fourth-order valence-corrected chi connectivity index (χ4v) is 5.11. The third-order valence-corrected chi connectivity index (χ3v) is 7.35. The number of benzene rings is 3. The van der Waals surface area contributed by atoms with Gasteiger partial charge in [0.1, 0.15) is 24.2 Å². The molecule has 2 heterocycles. The van der Waals surface area contributed by atoms with Crippen molar-refractivity contribution in [3.8, 4) is 0 Å². The second-order valence-corrected chi connectivity index (χ2v) is 10.4. The molecule has 0 fully saturated rings. The normalized spacial score (nSPS) is 17.1. The van der Waals surface area contributed by atoms with Crippen molar-refractivity contribution in [2.75, 3.05) is 34.4 Å². The summed E-state index contributed by atoms with van der Waals surface area (Å²) in [5, 5.41) is 2.26. The van der Waals surface area contributed by atoms with Crippen LogP contribution >= 0.6 is 15.9 Å². The SMILES string of the molecule is COCCN(C)C(=O)C1=C[N+](C)(c2cncn2Cc2ccc(Br)cc2)C=C1c1cccc2ccccc12. The Labute approximate surface area is 225 Å². The maximum atomic E-state index is 13.8. The largest absolute Gasteiger partial charge is 0.383 e. The van der Waals surface area contributed by atoms with E-state index in [9.17, 15) is 4.79 Å². The first-order valence-corrected chi connectivity index (χ1v) is 13.0. The van der Waals surface area contributed by atoms with Crippen LogP contribution in [0.2, 0.25) is 0 Å². The minimum Gasteiger partial charge on any atom is -0.383 e. The van der Waals surface area contributed by atoms with Gasteiger partial charge in [0.05, 0.1) is 32.1 Å². The number of methoxy groups -OCH3 is 1. The Morgan fingerprint density at radius 3 is 2.59 bits per heavy atom. The molecule has 1 atom stereocenters. The second kappa shape index (κ2) is 10.5. The second-order valence-electron chi connectivity index (χ2n) is 9.49. The number of nitrogens with zero attached hydrogens (tertiary/aromatic N) is 4. The number of aromatic nitrogens is 2. The van der Waals surface area contributed by atoms with E-state index in [0.29, 0.717) is 29.8 Å². The molecule has 1 unspecified atom stereocenters. The van der Waals surface area contributed by atoms with Gasteiger partial charge in [-0.15, -0.1) is 0 Å². The molecule has 1 aliphatic rings. The Bertz CT molecular complexity index is 1500. The summed E-state index contributed by atoms with van der Waals surface area (Å²) in [6.45, 7) is 1.67. The average Bonchev–Trinajstić information content (AvgIpc) is 3.53. The van der Waals surface area contributed by atoms with Crippen molar-refractivity contribution in [2.24, 2.45) is 0 Å². The van der Waals surface area contributed by atoms with E-state index in [-0.39, 0.29) is 5.91 Å². The number of hydrogen-bond acceptors (Lipinski definition) is 3. The standard InChI is InChI=1S/C30H30BrN4O2/c1-33(15-16-37-3)30(36)28-20-35(2,19-27(28)26-10-6-8-23-7-4-5-9-25(23)26)29-17-32-21-34(29)18-22-11-13-24(31)14-12-22/h4-14,17,19-21H,15-16,18H2,1-3H3/q+1. The van der Waals surface area contributed by atoms with E-state index < -0.39 is 0 Å². The number of imidazole rings is 1. The molecule has 0 bridgehead atoms. The first-order valence-electron chi connectivity index (χ1n) is 12.2. The maximum absolute atomic E-state index is 13.8. The zero-order valence-corrected chi connectivity index (χ0v) is 22.9. The molecule has 7 heteroatoms. The molecule has 0 aliphatic carbocycles. The summed E-state index contributed by atoms with van der Waals surface area (Å²) < 4.78 is 8.74. The van der Waals surface area contributed by atoms with E-state index in [0.717, 1.165) is 32.2 Å². The average molecular weight is 559 g/mol. The number of hydrogen-bond donors (Lipinski definition) is 0. The van der Waals surface area contributed by atoms with E-state index >= 15 is 0 Å². The highest BCUT2D eigenvalue weighted by molar-refractivity contribution is 9.10. The summed E-state index contributed by atoms with van der Waals surface area (Å²) in [6, 6.07) is 22.8. The van der Waals surface area contributed by atoms with Crippen molar-refractivity contribution >= 4 is 44.0 Å². The molecule has 1 aromatic heterocycles. The Morgan fingerprint density at radius 1 is 1.05 bits per heavy atom. The van der Waals surface area contributed by atoms with Crippen molar-refractivity contribution in [1.29, 1.82) is 0 Å². The molecule has 4 aromatic rings. The summed E-state index contributed by atoms with van der Waals surface area (Å²) in [7, 11) is 5.56. The van der Waals surface area contributed by atoms with Crippen LogP contribution in [-0.4, -0.2) is 54.7 Å². The van der Waals surface area contributed by atoms with Crippen molar-refractivity contribution in [3.63, 3.8) is 0 Å². The number of ether oxygens (including phenoxy) is 1. The zero-order chi connectivity index (χ0) is 26.0. The molecule has 0 saturated carbocycles. The highest BCUT2D eigenvalue weighted by Gasteiger charge is 2.38. The summed E-state index contributed by atoms with van der Waals surface area (Å²) in [6.07, 6.45) is 7.94. The lowest BCUT2D eigenvalue weighted by Crippen LogP contribution is -2.34. The summed E-state index contributed by atoms with van der Waals surface area (Å²) in [4.78, 5) is 20.0. The van der Waals surface area contributed by atoms with Gasteiger partial charge < -0.3 is 9.64 Å². The maximum Gasteiger partial charge on any atom is 0.259 e. The fraction of sp³-hybridized carbons (Fsp3) is 0.200. The van der Waals surface area contributed by atoms with E-state index in [4.69, 9.17) is 4.74 Å². The molecular formula is C30H30BrN4O2+. The van der Waals surface area contributed by atoms with Gasteiger partial charge in [-0.05, 0) is 34.0 Å². The predicted octanol–water partition coefficient (Wildman–Crippen LogP) is 5.83. The monoisotopic (exact) mass is 557 g/mol. The lowest BCUT2D eigenvalue weighted by Gasteiger charge is -2.23. The number of rotatable bonds is 8. The quantitative estimate of drug-likeness (QED) is 0.256. The highest BCUT2D eigenvalue weighted by Crippen LogP contribution is 2.40. The molecular weight excluding hydrogens is 528 g/mol. The van der Waals surface area contributed by atoms with Gasteiger partial charge in [0.2, 0.25) is 5.82 Å². The molecule has 0 spiro atoms. The molecule has 37 heavy (non-hydrogen) atoms. The Hall–Kier alpha value is -3.52. The highest BCUT2D eigenvalue weighted by atomic mass is 79.9. The van der Waals surface area contributed by atoms with Crippen LogP contribution in [0.3, 0.4) is 0 Å². The van der Waals surface area contributed by atoms with Gasteiger partial charge in [-0.1, -0.05) is 70.5 Å². The minimum atomic E-state index is -0.0305. The van der Waals surface area contributed by atoms with Crippen LogP contribution in [0.4, 0.5) is 5.82 Å². The number of carbonyl (C=O) groups is 1. The number of quaternary nitrogens is 1. The molecule has 1 amide bonds. The number of carbonyl (C=O) groups excluding carboxylic acids is 1. The molecule has 0 radical (unpaired) electrons. The first-order chi connectivity index (χ1) is 17.9. The van der Waals surface area contributed by atoms with Gasteiger partial charge in [0, 0.05) is 25.2 Å². The zero-order valence-electron chi connectivity index (χ0n) is 21.3. The van der Waals surface area contributed by atoms with Gasteiger partial charge in [-0.3, -0.25) is 9.36 Å². The molecule has 3 aromatic carbocycles.